The van der Waals surface area contributed by atoms with E-state index in [0.29, 0.717) is 0 Å². The molecule has 2 unspecified atom stereocenters. The van der Waals surface area contributed by atoms with E-state index in [9.17, 15) is 27.6 Å². The lowest BCUT2D eigenvalue weighted by Gasteiger charge is -2.24. The fraction of sp³-hybridized carbons (Fsp3) is 0.375. The molecule has 3 rings (SSSR count). The zero-order valence-corrected chi connectivity index (χ0v) is 18.6. The second-order valence-electron chi connectivity index (χ2n) is 8.40. The van der Waals surface area contributed by atoms with E-state index in [2.05, 4.69) is 5.32 Å². The van der Waals surface area contributed by atoms with Crippen LogP contribution in [0.1, 0.15) is 37.3 Å². The Balaban J connectivity index is 1.62. The number of benzene rings is 2. The summed E-state index contributed by atoms with van der Waals surface area (Å²) in [6.45, 7) is 3.37. The van der Waals surface area contributed by atoms with Gasteiger partial charge in [-0.15, -0.1) is 0 Å². The first-order chi connectivity index (χ1) is 16.0. The number of aliphatic carboxylic acids is 1. The van der Waals surface area contributed by atoms with Gasteiger partial charge in [-0.1, -0.05) is 62.4 Å². The van der Waals surface area contributed by atoms with Gasteiger partial charge in [0.1, 0.15) is 6.61 Å². The Morgan fingerprint density at radius 2 is 1.50 bits per heavy atom. The van der Waals surface area contributed by atoms with Gasteiger partial charge >= 0.3 is 18.2 Å². The molecule has 1 aliphatic carbocycles. The molecule has 2 amide bonds. The van der Waals surface area contributed by atoms with Crippen molar-refractivity contribution >= 4 is 18.0 Å². The molecule has 0 saturated carbocycles. The third-order valence-corrected chi connectivity index (χ3v) is 5.74. The van der Waals surface area contributed by atoms with Gasteiger partial charge in [0.15, 0.2) is 0 Å². The van der Waals surface area contributed by atoms with Crippen molar-refractivity contribution in [3.05, 3.63) is 59.7 Å². The zero-order valence-electron chi connectivity index (χ0n) is 18.6. The van der Waals surface area contributed by atoms with Gasteiger partial charge in [0.25, 0.3) is 0 Å². The number of hydrogen-bond acceptors (Lipinski definition) is 4. The van der Waals surface area contributed by atoms with Crippen LogP contribution >= 0.6 is 0 Å². The van der Waals surface area contributed by atoms with E-state index in [1.54, 1.807) is 13.8 Å². The zero-order chi connectivity index (χ0) is 25.0. The fourth-order valence-electron chi connectivity index (χ4n) is 3.95. The maximum Gasteiger partial charge on any atom is 0.419 e. The van der Waals surface area contributed by atoms with Gasteiger partial charge in [-0.2, -0.15) is 13.2 Å². The second kappa shape index (κ2) is 10.1. The number of alkyl carbamates (subject to hydrolysis) is 1. The minimum atomic E-state index is -5.14. The molecule has 10 heteroatoms. The van der Waals surface area contributed by atoms with Crippen LogP contribution in [0.2, 0.25) is 0 Å². The summed E-state index contributed by atoms with van der Waals surface area (Å²) in [6.07, 6.45) is -6.50. The highest BCUT2D eigenvalue weighted by Gasteiger charge is 2.46. The number of carbonyl (C=O) groups is 3. The van der Waals surface area contributed by atoms with E-state index in [4.69, 9.17) is 9.84 Å². The van der Waals surface area contributed by atoms with Gasteiger partial charge in [-0.05, 0) is 28.2 Å². The first kappa shape index (κ1) is 25.1. The quantitative estimate of drug-likeness (QED) is 0.531. The van der Waals surface area contributed by atoms with Crippen molar-refractivity contribution in [2.24, 2.45) is 5.92 Å². The number of hydrogen-bond donors (Lipinski definition) is 3. The van der Waals surface area contributed by atoms with Crippen molar-refractivity contribution in [1.82, 2.24) is 10.6 Å². The highest BCUT2D eigenvalue weighted by molar-refractivity contribution is 5.85. The standard InChI is InChI=1S/C24H25F3N2O5/c1-13(2)19(11-20(30)29-21(22(31)32)24(25,26)27)28-23(33)34-12-18-16-9-5-3-7-14(16)15-8-4-6-10-17(15)18/h3-10,13,18-19,21H,11-12H2,1-2H3,(H,28,33)(H,29,30)(H,31,32). The molecule has 1 aliphatic rings. The Morgan fingerprint density at radius 1 is 0.971 bits per heavy atom. The lowest BCUT2D eigenvalue weighted by Crippen LogP contribution is -2.52. The van der Waals surface area contributed by atoms with Crippen LogP contribution in [0.4, 0.5) is 18.0 Å². The van der Waals surface area contributed by atoms with Gasteiger partial charge in [0.2, 0.25) is 11.9 Å². The summed E-state index contributed by atoms with van der Waals surface area (Å²) < 4.78 is 43.9. The van der Waals surface area contributed by atoms with Crippen LogP contribution in [0.15, 0.2) is 48.5 Å². The van der Waals surface area contributed by atoms with Crippen LogP contribution in [0.25, 0.3) is 11.1 Å². The van der Waals surface area contributed by atoms with E-state index < -0.39 is 42.7 Å². The molecule has 0 saturated heterocycles. The Morgan fingerprint density at radius 3 is 1.97 bits per heavy atom. The number of alkyl halides is 3. The van der Waals surface area contributed by atoms with E-state index >= 15 is 0 Å². The largest absolute Gasteiger partial charge is 0.479 e. The molecule has 2 aromatic carbocycles. The Bertz CT molecular complexity index is 1030. The van der Waals surface area contributed by atoms with Crippen LogP contribution in [0.5, 0.6) is 0 Å². The molecule has 0 bridgehead atoms. The van der Waals surface area contributed by atoms with E-state index in [0.717, 1.165) is 22.3 Å². The van der Waals surface area contributed by atoms with Gasteiger partial charge in [-0.25, -0.2) is 9.59 Å². The van der Waals surface area contributed by atoms with Gasteiger partial charge in [-0.3, -0.25) is 4.79 Å². The highest BCUT2D eigenvalue weighted by atomic mass is 19.4. The number of fused-ring (bicyclic) bond motifs is 3. The molecule has 3 N–H and O–H groups in total. The summed E-state index contributed by atoms with van der Waals surface area (Å²) in [4.78, 5) is 35.4. The van der Waals surface area contributed by atoms with Crippen LogP contribution in [-0.4, -0.2) is 47.9 Å². The lowest BCUT2D eigenvalue weighted by molar-refractivity contribution is -0.182. The van der Waals surface area contributed by atoms with E-state index in [1.165, 1.54) is 5.32 Å². The van der Waals surface area contributed by atoms with Crippen LogP contribution in [0.3, 0.4) is 0 Å². The number of rotatable bonds is 8. The average molecular weight is 478 g/mol. The summed E-state index contributed by atoms with van der Waals surface area (Å²) in [5.41, 5.74) is 4.15. The molecule has 0 aliphatic heterocycles. The number of ether oxygens (including phenoxy) is 1. The minimum absolute atomic E-state index is 0.0338. The van der Waals surface area contributed by atoms with Crippen molar-refractivity contribution in [3.63, 3.8) is 0 Å². The number of nitrogens with one attached hydrogen (secondary N) is 2. The molecular weight excluding hydrogens is 453 g/mol. The molecule has 34 heavy (non-hydrogen) atoms. The van der Waals surface area contributed by atoms with E-state index in [1.807, 2.05) is 48.5 Å². The average Bonchev–Trinajstić information content (AvgIpc) is 3.08. The molecule has 0 fully saturated rings. The van der Waals surface area contributed by atoms with Crippen molar-refractivity contribution in [3.8, 4) is 11.1 Å². The SMILES string of the molecule is CC(C)C(CC(=O)NC(C(=O)O)C(F)(F)F)NC(=O)OCC1c2ccccc2-c2ccccc21. The lowest BCUT2D eigenvalue weighted by atomic mass is 9.98. The second-order valence-corrected chi connectivity index (χ2v) is 8.40. The maximum absolute atomic E-state index is 12.8. The molecule has 0 heterocycles. The molecule has 0 spiro atoms. The first-order valence-electron chi connectivity index (χ1n) is 10.7. The molecule has 0 radical (unpaired) electrons. The summed E-state index contributed by atoms with van der Waals surface area (Å²) in [7, 11) is 0. The molecule has 2 atom stereocenters. The van der Waals surface area contributed by atoms with Crippen molar-refractivity contribution < 1.29 is 37.4 Å². The highest BCUT2D eigenvalue weighted by Crippen LogP contribution is 2.44. The molecule has 0 aromatic heterocycles. The molecule has 7 nitrogen and oxygen atoms in total. The molecule has 182 valence electrons. The summed E-state index contributed by atoms with van der Waals surface area (Å²) in [5, 5.41) is 12.7. The monoisotopic (exact) mass is 478 g/mol. The summed E-state index contributed by atoms with van der Waals surface area (Å²) in [6, 6.07) is 11.7. The normalized spacial score (nSPS) is 14.6. The van der Waals surface area contributed by atoms with Crippen LogP contribution in [0, 0.1) is 5.92 Å². The minimum Gasteiger partial charge on any atom is -0.479 e. The number of amides is 2. The topological polar surface area (TPSA) is 105 Å². The molecule has 2 aromatic rings. The third kappa shape index (κ3) is 5.67. The number of carbonyl (C=O) groups excluding carboxylic acids is 2. The van der Waals surface area contributed by atoms with Gasteiger partial charge in [0, 0.05) is 18.4 Å². The van der Waals surface area contributed by atoms with Crippen molar-refractivity contribution in [1.29, 1.82) is 0 Å². The first-order valence-corrected chi connectivity index (χ1v) is 10.7. The Labute approximate surface area is 194 Å². The smallest absolute Gasteiger partial charge is 0.419 e. The van der Waals surface area contributed by atoms with Crippen LogP contribution in [-0.2, 0) is 14.3 Å². The summed E-state index contributed by atoms with van der Waals surface area (Å²) >= 11 is 0. The number of halogens is 3. The van der Waals surface area contributed by atoms with Gasteiger partial charge in [0.05, 0.1) is 0 Å². The Kier molecular flexibility index (Phi) is 7.48. The number of carboxylic acids is 1. The van der Waals surface area contributed by atoms with Crippen molar-refractivity contribution in [2.45, 2.75) is 44.4 Å². The van der Waals surface area contributed by atoms with Crippen molar-refractivity contribution in [2.75, 3.05) is 6.61 Å². The molecular formula is C24H25F3N2O5. The Hall–Kier alpha value is -3.56. The predicted octanol–water partition coefficient (Wildman–Crippen LogP) is 4.07. The fourth-order valence-corrected chi connectivity index (χ4v) is 3.95. The van der Waals surface area contributed by atoms with E-state index in [-0.39, 0.29) is 18.4 Å². The maximum atomic E-state index is 12.8. The summed E-state index contributed by atoms with van der Waals surface area (Å²) in [5.74, 6) is -3.88. The number of carboxylic acid groups (broad SMARTS) is 1. The third-order valence-electron chi connectivity index (χ3n) is 5.74. The van der Waals surface area contributed by atoms with Gasteiger partial charge < -0.3 is 20.5 Å². The predicted molar refractivity (Wildman–Crippen MR) is 117 cm³/mol. The van der Waals surface area contributed by atoms with Crippen LogP contribution < -0.4 is 10.6 Å².